The summed E-state index contributed by atoms with van der Waals surface area (Å²) < 4.78 is 11.1. The summed E-state index contributed by atoms with van der Waals surface area (Å²) in [6.45, 7) is 9.11. The van der Waals surface area contributed by atoms with Crippen LogP contribution in [-0.4, -0.2) is 33.3 Å². The summed E-state index contributed by atoms with van der Waals surface area (Å²) in [6.07, 6.45) is 1.36. The van der Waals surface area contributed by atoms with Crippen LogP contribution >= 0.6 is 0 Å². The summed E-state index contributed by atoms with van der Waals surface area (Å²) in [4.78, 5) is 34.3. The molecule has 0 atom stereocenters. The van der Waals surface area contributed by atoms with Crippen LogP contribution in [0.1, 0.15) is 27.0 Å². The fourth-order valence-electron chi connectivity index (χ4n) is 2.72. The van der Waals surface area contributed by atoms with Crippen molar-refractivity contribution in [1.29, 1.82) is 0 Å². The van der Waals surface area contributed by atoms with Crippen LogP contribution in [0.4, 0.5) is 5.69 Å². The topological polar surface area (TPSA) is 81.7 Å². The molecule has 2 rings (SSSR count). The highest BCUT2D eigenvalue weighted by atomic mass is 28.3. The van der Waals surface area contributed by atoms with Crippen LogP contribution in [0.25, 0.3) is 0 Å². The Morgan fingerprint density at radius 3 is 2.58 bits per heavy atom. The minimum absolute atomic E-state index is 0.0554. The van der Waals surface area contributed by atoms with Crippen molar-refractivity contribution in [2.75, 3.05) is 11.9 Å². The van der Waals surface area contributed by atoms with Gasteiger partial charge in [-0.15, -0.1) is 0 Å². The number of amides is 1. The van der Waals surface area contributed by atoms with Gasteiger partial charge in [0.05, 0.1) is 12.3 Å². The third kappa shape index (κ3) is 3.67. The smallest absolute Gasteiger partial charge is 0.342 e. The van der Waals surface area contributed by atoms with Gasteiger partial charge >= 0.3 is 5.97 Å². The predicted octanol–water partition coefficient (Wildman–Crippen LogP) is 2.69. The molecule has 24 heavy (non-hydrogen) atoms. The number of aldehydes is 1. The molecule has 0 saturated heterocycles. The Kier molecular flexibility index (Phi) is 5.43. The molecule has 1 aliphatic rings. The number of esters is 1. The quantitative estimate of drug-likeness (QED) is 0.443. The first kappa shape index (κ1) is 18.2. The lowest BCUT2D eigenvalue weighted by atomic mass is 9.94. The first-order valence-electron chi connectivity index (χ1n) is 7.92. The molecular weight excluding hydrogens is 326 g/mol. The summed E-state index contributed by atoms with van der Waals surface area (Å²) in [5, 5.41) is 2.64. The number of carbonyl (C=O) groups is 3. The van der Waals surface area contributed by atoms with E-state index in [0.29, 0.717) is 41.1 Å². The summed E-state index contributed by atoms with van der Waals surface area (Å²) >= 11 is 0. The van der Waals surface area contributed by atoms with Crippen molar-refractivity contribution in [1.82, 2.24) is 0 Å². The number of nitrogens with one attached hydrogen (secondary N) is 1. The number of ether oxygens (including phenoxy) is 2. The molecular formula is C17H23NO5Si. The average molecular weight is 349 g/mol. The van der Waals surface area contributed by atoms with Gasteiger partial charge in [0.2, 0.25) is 6.41 Å². The van der Waals surface area contributed by atoms with Crippen molar-refractivity contribution in [3.05, 3.63) is 22.3 Å². The molecule has 7 heteroatoms. The lowest BCUT2D eigenvalue weighted by Gasteiger charge is -2.21. The number of hydrogen-bond donors (Lipinski definition) is 1. The normalized spacial score (nSPS) is 13.2. The van der Waals surface area contributed by atoms with Gasteiger partial charge in [0.15, 0.2) is 0 Å². The van der Waals surface area contributed by atoms with E-state index in [9.17, 15) is 14.4 Å². The van der Waals surface area contributed by atoms with Crippen molar-refractivity contribution in [2.24, 2.45) is 0 Å². The van der Waals surface area contributed by atoms with E-state index in [2.05, 4.69) is 25.0 Å². The van der Waals surface area contributed by atoms with E-state index in [1.54, 1.807) is 6.92 Å². The first-order valence-corrected chi connectivity index (χ1v) is 11.6. The van der Waals surface area contributed by atoms with Gasteiger partial charge in [0.25, 0.3) is 0 Å². The number of hydrogen-bond acceptors (Lipinski definition) is 5. The zero-order valence-electron chi connectivity index (χ0n) is 14.5. The van der Waals surface area contributed by atoms with Gasteiger partial charge in [-0.25, -0.2) is 4.79 Å². The standard InChI is InChI=1S/C17H23NO5Si/c1-11-13-9-23-17(21)14(13)16(22-7-8-24(2,3)4)12(5-6-19)15(11)18-10-20/h6,10H,5,7-9H2,1-4H3,(H,18,20). The van der Waals surface area contributed by atoms with Crippen LogP contribution in [-0.2, 0) is 27.4 Å². The maximum atomic E-state index is 12.2. The molecule has 130 valence electrons. The minimum Gasteiger partial charge on any atom is -0.493 e. The van der Waals surface area contributed by atoms with E-state index in [1.807, 2.05) is 0 Å². The number of rotatable bonds is 8. The third-order valence-corrected chi connectivity index (χ3v) is 5.78. The third-order valence-electron chi connectivity index (χ3n) is 4.07. The van der Waals surface area contributed by atoms with Gasteiger partial charge in [0, 0.05) is 25.6 Å². The Morgan fingerprint density at radius 2 is 2.00 bits per heavy atom. The van der Waals surface area contributed by atoms with Crippen LogP contribution < -0.4 is 10.1 Å². The number of benzene rings is 1. The molecule has 0 aliphatic carbocycles. The largest absolute Gasteiger partial charge is 0.493 e. The van der Waals surface area contributed by atoms with Crippen molar-refractivity contribution < 1.29 is 23.9 Å². The van der Waals surface area contributed by atoms with Crippen molar-refractivity contribution >= 4 is 32.4 Å². The SMILES string of the molecule is Cc1c2c(c(OCC[Si](C)(C)C)c(CC=O)c1NC=O)C(=O)OC2. The van der Waals surface area contributed by atoms with Gasteiger partial charge < -0.3 is 19.6 Å². The highest BCUT2D eigenvalue weighted by molar-refractivity contribution is 6.76. The minimum atomic E-state index is -1.31. The van der Waals surface area contributed by atoms with Crippen LogP contribution in [0.5, 0.6) is 5.75 Å². The molecule has 0 aromatic heterocycles. The molecule has 0 unspecified atom stereocenters. The Labute approximate surface area is 142 Å². The molecule has 1 aromatic rings. The van der Waals surface area contributed by atoms with Crippen molar-refractivity contribution in [2.45, 2.75) is 45.6 Å². The van der Waals surface area contributed by atoms with Crippen LogP contribution in [0, 0.1) is 6.92 Å². The zero-order valence-corrected chi connectivity index (χ0v) is 15.5. The van der Waals surface area contributed by atoms with E-state index in [-0.39, 0.29) is 13.0 Å². The molecule has 0 radical (unpaired) electrons. The van der Waals surface area contributed by atoms with Gasteiger partial charge in [-0.2, -0.15) is 0 Å². The summed E-state index contributed by atoms with van der Waals surface area (Å²) in [5.41, 5.74) is 2.88. The number of fused-ring (bicyclic) bond motifs is 1. The molecule has 0 spiro atoms. The molecule has 1 aliphatic heterocycles. The van der Waals surface area contributed by atoms with Crippen LogP contribution in [0.3, 0.4) is 0 Å². The lowest BCUT2D eigenvalue weighted by Crippen LogP contribution is -2.23. The Balaban J connectivity index is 2.54. The van der Waals surface area contributed by atoms with Gasteiger partial charge in [0.1, 0.15) is 24.2 Å². The second-order valence-electron chi connectivity index (χ2n) is 7.03. The number of anilines is 1. The molecule has 1 N–H and O–H groups in total. The maximum absolute atomic E-state index is 12.2. The molecule has 1 aromatic carbocycles. The highest BCUT2D eigenvalue weighted by Crippen LogP contribution is 2.41. The van der Waals surface area contributed by atoms with Crippen molar-refractivity contribution in [3.8, 4) is 5.75 Å². The van der Waals surface area contributed by atoms with Gasteiger partial charge in [-0.3, -0.25) is 4.79 Å². The molecule has 1 heterocycles. The molecule has 0 bridgehead atoms. The molecule has 6 nitrogen and oxygen atoms in total. The van der Waals surface area contributed by atoms with Gasteiger partial charge in [-0.1, -0.05) is 19.6 Å². The first-order chi connectivity index (χ1) is 11.3. The van der Waals surface area contributed by atoms with Crippen LogP contribution in [0.15, 0.2) is 0 Å². The second kappa shape index (κ2) is 7.17. The second-order valence-corrected chi connectivity index (χ2v) is 12.7. The summed E-state index contributed by atoms with van der Waals surface area (Å²) in [7, 11) is -1.31. The van der Waals surface area contributed by atoms with Crippen molar-refractivity contribution in [3.63, 3.8) is 0 Å². The van der Waals surface area contributed by atoms with Crippen LogP contribution in [0.2, 0.25) is 25.7 Å². The number of carbonyl (C=O) groups excluding carboxylic acids is 3. The number of cyclic esters (lactones) is 1. The van der Waals surface area contributed by atoms with E-state index >= 15 is 0 Å². The molecule has 0 saturated carbocycles. The molecule has 0 fully saturated rings. The summed E-state index contributed by atoms with van der Waals surface area (Å²) in [6, 6.07) is 0.918. The predicted molar refractivity (Wildman–Crippen MR) is 93.4 cm³/mol. The Hall–Kier alpha value is -2.15. The maximum Gasteiger partial charge on any atom is 0.342 e. The fourth-order valence-corrected chi connectivity index (χ4v) is 3.44. The Bertz CT molecular complexity index is 679. The Morgan fingerprint density at radius 1 is 1.29 bits per heavy atom. The highest BCUT2D eigenvalue weighted by Gasteiger charge is 2.32. The summed E-state index contributed by atoms with van der Waals surface area (Å²) in [5.74, 6) is -0.0753. The molecule has 1 amide bonds. The van der Waals surface area contributed by atoms with E-state index in [0.717, 1.165) is 17.9 Å². The fraction of sp³-hybridized carbons (Fsp3) is 0.471. The lowest BCUT2D eigenvalue weighted by molar-refractivity contribution is -0.107. The monoisotopic (exact) mass is 349 g/mol. The zero-order chi connectivity index (χ0) is 17.9. The van der Waals surface area contributed by atoms with E-state index in [1.165, 1.54) is 0 Å². The van der Waals surface area contributed by atoms with Gasteiger partial charge in [-0.05, 0) is 18.5 Å². The van der Waals surface area contributed by atoms with E-state index in [4.69, 9.17) is 9.47 Å². The average Bonchev–Trinajstić information content (AvgIpc) is 2.87. The van der Waals surface area contributed by atoms with E-state index < -0.39 is 14.0 Å².